The van der Waals surface area contributed by atoms with Crippen molar-refractivity contribution in [1.29, 1.82) is 0 Å². The van der Waals surface area contributed by atoms with Gasteiger partial charge in [-0.1, -0.05) is 37.3 Å². The number of carbonyl (C=O) groups excluding carboxylic acids is 1. The molecule has 0 saturated carbocycles. The molecule has 0 fully saturated rings. The first kappa shape index (κ1) is 14.7. The summed E-state index contributed by atoms with van der Waals surface area (Å²) in [5, 5.41) is 0. The predicted molar refractivity (Wildman–Crippen MR) is 70.3 cm³/mol. The van der Waals surface area contributed by atoms with E-state index in [1.807, 2.05) is 6.08 Å². The van der Waals surface area contributed by atoms with E-state index in [4.69, 9.17) is 0 Å². The van der Waals surface area contributed by atoms with Gasteiger partial charge in [0.05, 0.1) is 0 Å². The average molecular weight is 221 g/mol. The first-order valence-electron chi connectivity index (χ1n) is 5.88. The summed E-state index contributed by atoms with van der Waals surface area (Å²) < 4.78 is 0. The van der Waals surface area contributed by atoms with Gasteiger partial charge in [-0.25, -0.2) is 0 Å². The summed E-state index contributed by atoms with van der Waals surface area (Å²) in [4.78, 5) is 12.9. The van der Waals surface area contributed by atoms with Crippen LogP contribution in [0.15, 0.2) is 37.0 Å². The van der Waals surface area contributed by atoms with Crippen molar-refractivity contribution >= 4 is 5.91 Å². The largest absolute Gasteiger partial charge is 0.336 e. The van der Waals surface area contributed by atoms with Crippen LogP contribution in [0.2, 0.25) is 0 Å². The monoisotopic (exact) mass is 221 g/mol. The standard InChI is InChI=1S/C14H23NO/c1-4-6-7-8-9-10-11-13-15(12-5-2)14(3)16/h5-7,10-11H,2,4,8-9,12-13H2,1,3H3. The molecule has 0 aromatic carbocycles. The second-order valence-electron chi connectivity index (χ2n) is 3.64. The summed E-state index contributed by atoms with van der Waals surface area (Å²) in [6.45, 7) is 8.65. The van der Waals surface area contributed by atoms with Crippen molar-refractivity contribution in [3.05, 3.63) is 37.0 Å². The van der Waals surface area contributed by atoms with Crippen molar-refractivity contribution in [2.75, 3.05) is 13.1 Å². The summed E-state index contributed by atoms with van der Waals surface area (Å²) in [7, 11) is 0. The number of amides is 1. The van der Waals surface area contributed by atoms with Crippen molar-refractivity contribution in [3.8, 4) is 0 Å². The van der Waals surface area contributed by atoms with E-state index in [0.29, 0.717) is 13.1 Å². The molecule has 0 unspecified atom stereocenters. The lowest BCUT2D eigenvalue weighted by molar-refractivity contribution is -0.127. The quantitative estimate of drug-likeness (QED) is 0.455. The fourth-order valence-electron chi connectivity index (χ4n) is 1.28. The highest BCUT2D eigenvalue weighted by molar-refractivity contribution is 5.73. The molecule has 90 valence electrons. The molecule has 0 aromatic heterocycles. The minimum atomic E-state index is 0.0930. The van der Waals surface area contributed by atoms with Crippen LogP contribution in [0, 0.1) is 0 Å². The lowest BCUT2D eigenvalue weighted by Crippen LogP contribution is -2.28. The smallest absolute Gasteiger partial charge is 0.220 e. The van der Waals surface area contributed by atoms with E-state index < -0.39 is 0 Å². The van der Waals surface area contributed by atoms with Gasteiger partial charge in [0.2, 0.25) is 5.91 Å². The Morgan fingerprint density at radius 3 is 2.25 bits per heavy atom. The van der Waals surface area contributed by atoms with Crippen LogP contribution in [0.5, 0.6) is 0 Å². The highest BCUT2D eigenvalue weighted by atomic mass is 16.2. The van der Waals surface area contributed by atoms with Crippen molar-refractivity contribution < 1.29 is 4.79 Å². The summed E-state index contributed by atoms with van der Waals surface area (Å²) in [6, 6.07) is 0. The molecular weight excluding hydrogens is 198 g/mol. The topological polar surface area (TPSA) is 20.3 Å². The fraction of sp³-hybridized carbons (Fsp3) is 0.500. The third kappa shape index (κ3) is 8.04. The number of hydrogen-bond donors (Lipinski definition) is 0. The molecule has 0 saturated heterocycles. The Bertz CT molecular complexity index is 253. The summed E-state index contributed by atoms with van der Waals surface area (Å²) in [5.74, 6) is 0.0930. The maximum absolute atomic E-state index is 11.2. The lowest BCUT2D eigenvalue weighted by atomic mass is 10.2. The number of hydrogen-bond acceptors (Lipinski definition) is 1. The van der Waals surface area contributed by atoms with Crippen LogP contribution in [0.1, 0.15) is 33.1 Å². The van der Waals surface area contributed by atoms with Gasteiger partial charge in [-0.3, -0.25) is 4.79 Å². The van der Waals surface area contributed by atoms with Crippen molar-refractivity contribution in [3.63, 3.8) is 0 Å². The molecule has 0 atom stereocenters. The van der Waals surface area contributed by atoms with Gasteiger partial charge >= 0.3 is 0 Å². The van der Waals surface area contributed by atoms with Gasteiger partial charge in [-0.05, 0) is 19.3 Å². The maximum atomic E-state index is 11.2. The van der Waals surface area contributed by atoms with E-state index in [9.17, 15) is 4.79 Å². The molecule has 0 spiro atoms. The Kier molecular flexibility index (Phi) is 9.38. The number of nitrogens with zero attached hydrogens (tertiary/aromatic N) is 1. The number of rotatable bonds is 8. The van der Waals surface area contributed by atoms with Crippen LogP contribution in [-0.4, -0.2) is 23.9 Å². The van der Waals surface area contributed by atoms with Crippen molar-refractivity contribution in [1.82, 2.24) is 4.90 Å². The molecule has 0 aliphatic heterocycles. The van der Waals surface area contributed by atoms with Crippen LogP contribution in [0.4, 0.5) is 0 Å². The van der Waals surface area contributed by atoms with Crippen LogP contribution in [0.3, 0.4) is 0 Å². The molecule has 0 aliphatic carbocycles. The molecular formula is C14H23NO. The maximum Gasteiger partial charge on any atom is 0.220 e. The van der Waals surface area contributed by atoms with E-state index >= 15 is 0 Å². The van der Waals surface area contributed by atoms with Crippen molar-refractivity contribution in [2.24, 2.45) is 0 Å². The van der Waals surface area contributed by atoms with E-state index in [-0.39, 0.29) is 5.91 Å². The average Bonchev–Trinajstić information content (AvgIpc) is 2.26. The van der Waals surface area contributed by atoms with Gasteiger partial charge in [0.1, 0.15) is 0 Å². The molecule has 0 radical (unpaired) electrons. The van der Waals surface area contributed by atoms with Gasteiger partial charge in [0.15, 0.2) is 0 Å². The first-order valence-corrected chi connectivity index (χ1v) is 5.88. The molecule has 16 heavy (non-hydrogen) atoms. The van der Waals surface area contributed by atoms with E-state index in [2.05, 4.69) is 31.7 Å². The molecule has 0 N–H and O–H groups in total. The summed E-state index contributed by atoms with van der Waals surface area (Å²) in [6.07, 6.45) is 13.5. The van der Waals surface area contributed by atoms with Crippen LogP contribution < -0.4 is 0 Å². The first-order chi connectivity index (χ1) is 7.72. The predicted octanol–water partition coefficient (Wildman–Crippen LogP) is 3.32. The van der Waals surface area contributed by atoms with Gasteiger partial charge in [0.25, 0.3) is 0 Å². The normalized spacial score (nSPS) is 11.1. The third-order valence-corrected chi connectivity index (χ3v) is 2.19. The zero-order valence-corrected chi connectivity index (χ0v) is 10.5. The van der Waals surface area contributed by atoms with Gasteiger partial charge in [0, 0.05) is 20.0 Å². The van der Waals surface area contributed by atoms with Crippen LogP contribution in [0.25, 0.3) is 0 Å². The van der Waals surface area contributed by atoms with E-state index in [1.165, 1.54) is 0 Å². The highest BCUT2D eigenvalue weighted by Crippen LogP contribution is 1.96. The second-order valence-corrected chi connectivity index (χ2v) is 3.64. The second kappa shape index (κ2) is 10.2. The lowest BCUT2D eigenvalue weighted by Gasteiger charge is -2.16. The minimum Gasteiger partial charge on any atom is -0.336 e. The highest BCUT2D eigenvalue weighted by Gasteiger charge is 2.02. The number of allylic oxidation sites excluding steroid dienone is 3. The van der Waals surface area contributed by atoms with Gasteiger partial charge in [-0.2, -0.15) is 0 Å². The molecule has 2 heteroatoms. The summed E-state index contributed by atoms with van der Waals surface area (Å²) in [5.41, 5.74) is 0. The molecule has 0 bridgehead atoms. The van der Waals surface area contributed by atoms with E-state index in [1.54, 1.807) is 17.9 Å². The zero-order chi connectivity index (χ0) is 12.2. The number of carbonyl (C=O) groups is 1. The molecule has 0 rings (SSSR count). The van der Waals surface area contributed by atoms with Crippen LogP contribution >= 0.6 is 0 Å². The third-order valence-electron chi connectivity index (χ3n) is 2.19. The molecule has 1 amide bonds. The van der Waals surface area contributed by atoms with Crippen LogP contribution in [-0.2, 0) is 4.79 Å². The number of unbranched alkanes of at least 4 members (excludes halogenated alkanes) is 1. The van der Waals surface area contributed by atoms with Crippen molar-refractivity contribution in [2.45, 2.75) is 33.1 Å². The Hall–Kier alpha value is -1.31. The Balaban J connectivity index is 3.74. The molecule has 2 nitrogen and oxygen atoms in total. The minimum absolute atomic E-state index is 0.0930. The summed E-state index contributed by atoms with van der Waals surface area (Å²) >= 11 is 0. The molecule has 0 aromatic rings. The molecule has 0 aliphatic rings. The zero-order valence-electron chi connectivity index (χ0n) is 10.5. The van der Waals surface area contributed by atoms with Gasteiger partial charge < -0.3 is 4.90 Å². The van der Waals surface area contributed by atoms with E-state index in [0.717, 1.165) is 19.3 Å². The molecule has 0 heterocycles. The Labute approximate surface area is 99.3 Å². The Morgan fingerprint density at radius 2 is 1.75 bits per heavy atom. The van der Waals surface area contributed by atoms with Gasteiger partial charge in [-0.15, -0.1) is 6.58 Å². The Morgan fingerprint density at radius 1 is 1.12 bits per heavy atom. The SMILES string of the molecule is C=CCN(CC=CCCC=CCC)C(C)=O. The fourth-order valence-corrected chi connectivity index (χ4v) is 1.28.